The van der Waals surface area contributed by atoms with Crippen molar-refractivity contribution >= 4 is 17.8 Å². The molecule has 0 aliphatic heterocycles. The van der Waals surface area contributed by atoms with Crippen molar-refractivity contribution in [3.63, 3.8) is 0 Å². The van der Waals surface area contributed by atoms with Gasteiger partial charge in [0.15, 0.2) is 5.76 Å². The molecule has 0 amide bonds. The predicted molar refractivity (Wildman–Crippen MR) is 71.3 cm³/mol. The van der Waals surface area contributed by atoms with Gasteiger partial charge in [0.2, 0.25) is 0 Å². The molecular formula is C15H14O4. The molecule has 19 heavy (non-hydrogen) atoms. The summed E-state index contributed by atoms with van der Waals surface area (Å²) < 4.78 is 9.66. The number of ketones is 1. The van der Waals surface area contributed by atoms with E-state index in [-0.39, 0.29) is 5.76 Å². The summed E-state index contributed by atoms with van der Waals surface area (Å²) >= 11 is 0. The monoisotopic (exact) mass is 258 g/mol. The summed E-state index contributed by atoms with van der Waals surface area (Å²) in [5.74, 6) is 4.69. The van der Waals surface area contributed by atoms with Crippen molar-refractivity contribution in [3.05, 3.63) is 41.9 Å². The molecule has 0 N–H and O–H groups in total. The van der Waals surface area contributed by atoms with Gasteiger partial charge < -0.3 is 9.15 Å². The van der Waals surface area contributed by atoms with Gasteiger partial charge in [-0.3, -0.25) is 4.79 Å². The molecule has 0 spiro atoms. The van der Waals surface area contributed by atoms with Crippen LogP contribution in [0.25, 0.3) is 6.08 Å². The molecule has 98 valence electrons. The molecule has 1 aromatic heterocycles. The fourth-order valence-corrected chi connectivity index (χ4v) is 1.13. The van der Waals surface area contributed by atoms with Crippen LogP contribution in [0.3, 0.4) is 0 Å². The summed E-state index contributed by atoms with van der Waals surface area (Å²) in [5.41, 5.74) is 0. The average Bonchev–Trinajstić information content (AvgIpc) is 2.89. The summed E-state index contributed by atoms with van der Waals surface area (Å²) in [7, 11) is 1.28. The number of ether oxygens (including phenoxy) is 1. The van der Waals surface area contributed by atoms with Gasteiger partial charge in [-0.1, -0.05) is 18.9 Å². The molecule has 0 aromatic carbocycles. The van der Waals surface area contributed by atoms with E-state index in [9.17, 15) is 9.59 Å². The van der Waals surface area contributed by atoms with Crippen molar-refractivity contribution < 1.29 is 18.7 Å². The molecule has 0 saturated heterocycles. The van der Waals surface area contributed by atoms with Gasteiger partial charge in [-0.05, 0) is 36.6 Å². The van der Waals surface area contributed by atoms with E-state index in [4.69, 9.17) is 4.42 Å². The number of furan rings is 1. The molecule has 1 heterocycles. The van der Waals surface area contributed by atoms with Gasteiger partial charge in [-0.25, -0.2) is 4.79 Å². The number of carbonyl (C=O) groups is 2. The largest absolute Gasteiger partial charge is 0.466 e. The highest BCUT2D eigenvalue weighted by Crippen LogP contribution is 2.10. The van der Waals surface area contributed by atoms with Crippen molar-refractivity contribution in [2.24, 2.45) is 0 Å². The van der Waals surface area contributed by atoms with Crippen LogP contribution in [-0.2, 0) is 9.53 Å². The fraction of sp³-hybridized carbons (Fsp3) is 0.200. The minimum Gasteiger partial charge on any atom is -0.466 e. The van der Waals surface area contributed by atoms with Crippen LogP contribution in [0.2, 0.25) is 0 Å². The zero-order valence-corrected chi connectivity index (χ0v) is 10.8. The van der Waals surface area contributed by atoms with E-state index in [0.717, 1.165) is 6.42 Å². The van der Waals surface area contributed by atoms with Crippen LogP contribution in [0.4, 0.5) is 0 Å². The van der Waals surface area contributed by atoms with E-state index in [1.165, 1.54) is 25.3 Å². The SMILES string of the molecule is CC/C=C\C#CC(=O)c1ccc(/C=C\C(=O)OC)o1. The third-order valence-electron chi connectivity index (χ3n) is 2.06. The van der Waals surface area contributed by atoms with Crippen molar-refractivity contribution in [1.29, 1.82) is 0 Å². The van der Waals surface area contributed by atoms with Crippen molar-refractivity contribution in [1.82, 2.24) is 0 Å². The minimum absolute atomic E-state index is 0.141. The number of allylic oxidation sites excluding steroid dienone is 2. The standard InChI is InChI=1S/C15H14O4/c1-3-4-5-6-7-13(16)14-10-8-12(19-14)9-11-15(17)18-2/h4-5,8-11H,3H2,1-2H3/b5-4-,11-9-. The highest BCUT2D eigenvalue weighted by molar-refractivity contribution is 6.07. The van der Waals surface area contributed by atoms with Crippen LogP contribution in [0.15, 0.2) is 34.8 Å². The highest BCUT2D eigenvalue weighted by Gasteiger charge is 2.07. The predicted octanol–water partition coefficient (Wildman–Crippen LogP) is 2.62. The van der Waals surface area contributed by atoms with Gasteiger partial charge in [0.25, 0.3) is 5.78 Å². The van der Waals surface area contributed by atoms with Crippen LogP contribution in [0.1, 0.15) is 29.7 Å². The number of esters is 1. The number of carbonyl (C=O) groups excluding carboxylic acids is 2. The molecule has 1 aromatic rings. The smallest absolute Gasteiger partial charge is 0.330 e. The Labute approximate surface area is 111 Å². The second-order valence-electron chi connectivity index (χ2n) is 3.47. The molecular weight excluding hydrogens is 244 g/mol. The van der Waals surface area contributed by atoms with E-state index in [1.54, 1.807) is 12.1 Å². The first-order valence-corrected chi connectivity index (χ1v) is 5.74. The summed E-state index contributed by atoms with van der Waals surface area (Å²) in [5, 5.41) is 0. The Morgan fingerprint density at radius 1 is 1.42 bits per heavy atom. The summed E-state index contributed by atoms with van der Waals surface area (Å²) in [4.78, 5) is 22.5. The van der Waals surface area contributed by atoms with Gasteiger partial charge >= 0.3 is 5.97 Å². The Morgan fingerprint density at radius 3 is 2.89 bits per heavy atom. The first-order valence-electron chi connectivity index (χ1n) is 5.74. The molecule has 0 radical (unpaired) electrons. The van der Waals surface area contributed by atoms with E-state index in [1.807, 2.05) is 13.0 Å². The zero-order valence-electron chi connectivity index (χ0n) is 10.8. The molecule has 0 saturated carbocycles. The summed E-state index contributed by atoms with van der Waals surface area (Å²) in [6, 6.07) is 3.09. The lowest BCUT2D eigenvalue weighted by molar-refractivity contribution is -0.134. The van der Waals surface area contributed by atoms with E-state index < -0.39 is 11.8 Å². The quantitative estimate of drug-likeness (QED) is 0.274. The zero-order chi connectivity index (χ0) is 14.1. The van der Waals surface area contributed by atoms with E-state index in [2.05, 4.69) is 16.6 Å². The molecule has 0 fully saturated rings. The number of Topliss-reactive ketones (excluding diaryl/α,β-unsaturated/α-hetero) is 1. The second-order valence-corrected chi connectivity index (χ2v) is 3.47. The second kappa shape index (κ2) is 7.72. The number of methoxy groups -OCH3 is 1. The topological polar surface area (TPSA) is 56.5 Å². The Hall–Kier alpha value is -2.54. The van der Waals surface area contributed by atoms with Crippen LogP contribution >= 0.6 is 0 Å². The number of hydrogen-bond acceptors (Lipinski definition) is 4. The first-order chi connectivity index (χ1) is 9.17. The van der Waals surface area contributed by atoms with Crippen molar-refractivity contribution in [2.45, 2.75) is 13.3 Å². The average molecular weight is 258 g/mol. The Kier molecular flexibility index (Phi) is 5.90. The van der Waals surface area contributed by atoms with Crippen molar-refractivity contribution in [2.75, 3.05) is 7.11 Å². The van der Waals surface area contributed by atoms with Gasteiger partial charge in [0.05, 0.1) is 7.11 Å². The van der Waals surface area contributed by atoms with E-state index in [0.29, 0.717) is 5.76 Å². The summed E-state index contributed by atoms with van der Waals surface area (Å²) in [6.07, 6.45) is 6.98. The normalized spacial score (nSPS) is 10.4. The lowest BCUT2D eigenvalue weighted by Crippen LogP contribution is -1.93. The lowest BCUT2D eigenvalue weighted by atomic mass is 10.3. The maximum atomic E-state index is 11.6. The van der Waals surface area contributed by atoms with Crippen LogP contribution in [0.5, 0.6) is 0 Å². The van der Waals surface area contributed by atoms with E-state index >= 15 is 0 Å². The van der Waals surface area contributed by atoms with Crippen LogP contribution in [0, 0.1) is 11.8 Å². The van der Waals surface area contributed by atoms with Crippen molar-refractivity contribution in [3.8, 4) is 11.8 Å². The first kappa shape index (κ1) is 14.5. The third kappa shape index (κ3) is 5.09. The van der Waals surface area contributed by atoms with Crippen LogP contribution < -0.4 is 0 Å². The Balaban J connectivity index is 2.70. The highest BCUT2D eigenvalue weighted by atomic mass is 16.5. The number of hydrogen-bond donors (Lipinski definition) is 0. The van der Waals surface area contributed by atoms with Crippen LogP contribution in [-0.4, -0.2) is 18.9 Å². The molecule has 4 heteroatoms. The van der Waals surface area contributed by atoms with Gasteiger partial charge in [-0.15, -0.1) is 0 Å². The molecule has 4 nitrogen and oxygen atoms in total. The van der Waals surface area contributed by atoms with Gasteiger partial charge in [0.1, 0.15) is 5.76 Å². The molecule has 0 aliphatic carbocycles. The minimum atomic E-state index is -0.492. The fourth-order valence-electron chi connectivity index (χ4n) is 1.13. The Bertz CT molecular complexity index is 564. The molecule has 0 atom stereocenters. The lowest BCUT2D eigenvalue weighted by Gasteiger charge is -1.88. The maximum Gasteiger partial charge on any atom is 0.330 e. The molecule has 1 rings (SSSR count). The Morgan fingerprint density at radius 2 is 2.21 bits per heavy atom. The van der Waals surface area contributed by atoms with Gasteiger partial charge in [0, 0.05) is 6.08 Å². The van der Waals surface area contributed by atoms with Gasteiger partial charge in [-0.2, -0.15) is 0 Å². The summed E-state index contributed by atoms with van der Waals surface area (Å²) in [6.45, 7) is 1.98. The molecule has 0 unspecified atom stereocenters. The third-order valence-corrected chi connectivity index (χ3v) is 2.06. The maximum absolute atomic E-state index is 11.6. The molecule has 0 bridgehead atoms. The molecule has 0 aliphatic rings. The number of rotatable bonds is 4.